The highest BCUT2D eigenvalue weighted by atomic mass is 16.6. The molecular formula is C18H21N3O4. The van der Waals surface area contributed by atoms with Gasteiger partial charge in [-0.15, -0.1) is 0 Å². The topological polar surface area (TPSA) is 82.5 Å². The first-order valence-electron chi connectivity index (χ1n) is 8.31. The average Bonchev–Trinajstić information content (AvgIpc) is 3.12. The Kier molecular flexibility index (Phi) is 5.33. The lowest BCUT2D eigenvalue weighted by Gasteiger charge is -2.18. The highest BCUT2D eigenvalue weighted by molar-refractivity contribution is 5.98. The van der Waals surface area contributed by atoms with E-state index in [-0.39, 0.29) is 30.6 Å². The highest BCUT2D eigenvalue weighted by Crippen LogP contribution is 2.31. The number of benzene rings is 1. The summed E-state index contributed by atoms with van der Waals surface area (Å²) in [4.78, 5) is 24.3. The smallest absolute Gasteiger partial charge is 0.220 e. The molecule has 1 unspecified atom stereocenters. The van der Waals surface area contributed by atoms with E-state index in [0.29, 0.717) is 36.8 Å². The molecule has 0 saturated heterocycles. The molecular weight excluding hydrogens is 322 g/mol. The molecule has 2 aromatic rings. The lowest BCUT2D eigenvalue weighted by molar-refractivity contribution is -0.121. The summed E-state index contributed by atoms with van der Waals surface area (Å²) in [5, 5.41) is 6.98. The second kappa shape index (κ2) is 7.83. The van der Waals surface area contributed by atoms with Crippen molar-refractivity contribution in [3.8, 4) is 11.5 Å². The zero-order chi connectivity index (χ0) is 17.6. The van der Waals surface area contributed by atoms with Gasteiger partial charge in [-0.1, -0.05) is 0 Å². The van der Waals surface area contributed by atoms with Crippen LogP contribution in [0.5, 0.6) is 11.5 Å². The van der Waals surface area contributed by atoms with Crippen LogP contribution in [0.4, 0.5) is 0 Å². The lowest BCUT2D eigenvalue weighted by atomic mass is 10.1. The molecule has 0 saturated carbocycles. The third kappa shape index (κ3) is 4.59. The van der Waals surface area contributed by atoms with Crippen LogP contribution in [0.1, 0.15) is 30.1 Å². The van der Waals surface area contributed by atoms with E-state index >= 15 is 0 Å². The molecule has 1 aliphatic heterocycles. The molecule has 7 nitrogen and oxygen atoms in total. The van der Waals surface area contributed by atoms with Crippen molar-refractivity contribution in [2.45, 2.75) is 32.4 Å². The van der Waals surface area contributed by atoms with Gasteiger partial charge in [-0.05, 0) is 31.2 Å². The van der Waals surface area contributed by atoms with E-state index in [2.05, 4.69) is 10.4 Å². The van der Waals surface area contributed by atoms with Gasteiger partial charge in [0.15, 0.2) is 17.3 Å². The number of carbonyl (C=O) groups excluding carboxylic acids is 2. The maximum absolute atomic E-state index is 12.3. The first-order valence-corrected chi connectivity index (χ1v) is 8.31. The SMILES string of the molecule is CC(Cn1cccn1)NC(=O)CCC(=O)c1ccc2c(c1)OCCO2. The molecule has 0 bridgehead atoms. The Labute approximate surface area is 145 Å². The number of ketones is 1. The molecule has 1 N–H and O–H groups in total. The Morgan fingerprint density at radius 1 is 1.24 bits per heavy atom. The van der Waals surface area contributed by atoms with Gasteiger partial charge >= 0.3 is 0 Å². The van der Waals surface area contributed by atoms with Crippen molar-refractivity contribution < 1.29 is 19.1 Å². The fourth-order valence-electron chi connectivity index (χ4n) is 2.67. The van der Waals surface area contributed by atoms with Crippen LogP contribution in [0, 0.1) is 0 Å². The van der Waals surface area contributed by atoms with Crippen LogP contribution < -0.4 is 14.8 Å². The fraction of sp³-hybridized carbons (Fsp3) is 0.389. The summed E-state index contributed by atoms with van der Waals surface area (Å²) in [5.74, 6) is 0.986. The predicted molar refractivity (Wildman–Crippen MR) is 90.8 cm³/mol. The van der Waals surface area contributed by atoms with Crippen LogP contribution >= 0.6 is 0 Å². The van der Waals surface area contributed by atoms with Crippen molar-refractivity contribution in [2.75, 3.05) is 13.2 Å². The standard InChI is InChI=1S/C18H21N3O4/c1-13(12-21-8-2-7-19-21)20-18(23)6-4-15(22)14-3-5-16-17(11-14)25-10-9-24-16/h2-3,5,7-8,11,13H,4,6,9-10,12H2,1H3,(H,20,23). The Bertz CT molecular complexity index is 743. The van der Waals surface area contributed by atoms with Gasteiger partial charge in [-0.3, -0.25) is 14.3 Å². The van der Waals surface area contributed by atoms with Gasteiger partial charge < -0.3 is 14.8 Å². The molecule has 3 rings (SSSR count). The molecule has 0 radical (unpaired) electrons. The van der Waals surface area contributed by atoms with Crippen molar-refractivity contribution >= 4 is 11.7 Å². The number of hydrogen-bond acceptors (Lipinski definition) is 5. The van der Waals surface area contributed by atoms with Gasteiger partial charge in [0.1, 0.15) is 13.2 Å². The number of Topliss-reactive ketones (excluding diaryl/α,β-unsaturated/α-hetero) is 1. The number of hydrogen-bond donors (Lipinski definition) is 1. The van der Waals surface area contributed by atoms with Crippen LogP contribution in [-0.4, -0.2) is 40.7 Å². The van der Waals surface area contributed by atoms with Gasteiger partial charge in [0, 0.05) is 36.8 Å². The minimum atomic E-state index is -0.148. The van der Waals surface area contributed by atoms with Crippen LogP contribution in [0.3, 0.4) is 0 Å². The summed E-state index contributed by atoms with van der Waals surface area (Å²) in [7, 11) is 0. The van der Waals surface area contributed by atoms with Crippen LogP contribution in [0.15, 0.2) is 36.7 Å². The quantitative estimate of drug-likeness (QED) is 0.776. The second-order valence-corrected chi connectivity index (χ2v) is 5.98. The fourth-order valence-corrected chi connectivity index (χ4v) is 2.67. The lowest BCUT2D eigenvalue weighted by Crippen LogP contribution is -2.35. The number of rotatable bonds is 7. The predicted octanol–water partition coefficient (Wildman–Crippen LogP) is 1.82. The molecule has 2 heterocycles. The Hall–Kier alpha value is -2.83. The van der Waals surface area contributed by atoms with E-state index in [1.807, 2.05) is 19.2 Å². The molecule has 1 aromatic carbocycles. The summed E-state index contributed by atoms with van der Waals surface area (Å²) < 4.78 is 12.7. The monoisotopic (exact) mass is 343 g/mol. The molecule has 0 spiro atoms. The zero-order valence-electron chi connectivity index (χ0n) is 14.1. The number of amides is 1. The Balaban J connectivity index is 1.47. The summed E-state index contributed by atoms with van der Waals surface area (Å²) in [5.41, 5.74) is 0.529. The van der Waals surface area contributed by atoms with Crippen molar-refractivity contribution in [1.82, 2.24) is 15.1 Å². The van der Waals surface area contributed by atoms with E-state index < -0.39 is 0 Å². The summed E-state index contributed by atoms with van der Waals surface area (Å²) >= 11 is 0. The van der Waals surface area contributed by atoms with Gasteiger partial charge in [0.25, 0.3) is 0 Å². The van der Waals surface area contributed by atoms with Crippen molar-refractivity contribution in [2.24, 2.45) is 0 Å². The average molecular weight is 343 g/mol. The molecule has 1 aromatic heterocycles. The number of ether oxygens (including phenoxy) is 2. The molecule has 1 atom stereocenters. The van der Waals surface area contributed by atoms with Crippen LogP contribution in [0.2, 0.25) is 0 Å². The maximum atomic E-state index is 12.3. The largest absolute Gasteiger partial charge is 0.486 e. The molecule has 0 fully saturated rings. The molecule has 1 aliphatic rings. The van der Waals surface area contributed by atoms with Crippen molar-refractivity contribution in [3.63, 3.8) is 0 Å². The van der Waals surface area contributed by atoms with Crippen LogP contribution in [-0.2, 0) is 11.3 Å². The minimum Gasteiger partial charge on any atom is -0.486 e. The highest BCUT2D eigenvalue weighted by Gasteiger charge is 2.16. The summed E-state index contributed by atoms with van der Waals surface area (Å²) in [6.45, 7) is 3.48. The van der Waals surface area contributed by atoms with Gasteiger partial charge in [0.05, 0.1) is 6.54 Å². The number of nitrogens with zero attached hydrogens (tertiary/aromatic N) is 2. The number of carbonyl (C=O) groups is 2. The minimum absolute atomic E-state index is 0.0585. The molecule has 1 amide bonds. The van der Waals surface area contributed by atoms with E-state index in [1.165, 1.54) is 0 Å². The number of nitrogens with one attached hydrogen (secondary N) is 1. The van der Waals surface area contributed by atoms with Crippen molar-refractivity contribution in [1.29, 1.82) is 0 Å². The van der Waals surface area contributed by atoms with E-state index in [4.69, 9.17) is 9.47 Å². The first-order chi connectivity index (χ1) is 12.1. The van der Waals surface area contributed by atoms with Crippen molar-refractivity contribution in [3.05, 3.63) is 42.2 Å². The number of aromatic nitrogens is 2. The maximum Gasteiger partial charge on any atom is 0.220 e. The Morgan fingerprint density at radius 2 is 2.04 bits per heavy atom. The normalized spacial score (nSPS) is 14.0. The molecule has 25 heavy (non-hydrogen) atoms. The van der Waals surface area contributed by atoms with E-state index in [0.717, 1.165) is 0 Å². The first kappa shape index (κ1) is 17.0. The number of fused-ring (bicyclic) bond motifs is 1. The summed E-state index contributed by atoms with van der Waals surface area (Å²) in [6, 6.07) is 6.88. The second-order valence-electron chi connectivity index (χ2n) is 5.98. The van der Waals surface area contributed by atoms with E-state index in [1.54, 1.807) is 29.1 Å². The van der Waals surface area contributed by atoms with Gasteiger partial charge in [-0.25, -0.2) is 0 Å². The summed E-state index contributed by atoms with van der Waals surface area (Å²) in [6.07, 6.45) is 3.84. The van der Waals surface area contributed by atoms with Gasteiger partial charge in [-0.2, -0.15) is 5.10 Å². The van der Waals surface area contributed by atoms with Crippen LogP contribution in [0.25, 0.3) is 0 Å². The molecule has 0 aliphatic carbocycles. The molecule has 132 valence electrons. The zero-order valence-corrected chi connectivity index (χ0v) is 14.1. The molecule has 7 heteroatoms. The van der Waals surface area contributed by atoms with Gasteiger partial charge in [0.2, 0.25) is 5.91 Å². The van der Waals surface area contributed by atoms with E-state index in [9.17, 15) is 9.59 Å². The third-order valence-electron chi connectivity index (χ3n) is 3.87. The third-order valence-corrected chi connectivity index (χ3v) is 3.87. The Morgan fingerprint density at radius 3 is 2.80 bits per heavy atom.